The summed E-state index contributed by atoms with van der Waals surface area (Å²) in [5.74, 6) is -1.91. The first-order chi connectivity index (χ1) is 14.7. The zero-order chi connectivity index (χ0) is 22.2. The van der Waals surface area contributed by atoms with Gasteiger partial charge in [-0.2, -0.15) is 4.31 Å². The van der Waals surface area contributed by atoms with Gasteiger partial charge >= 0.3 is 0 Å². The normalized spacial score (nSPS) is 15.4. The van der Waals surface area contributed by atoms with Crippen LogP contribution in [-0.2, 0) is 16.4 Å². The summed E-state index contributed by atoms with van der Waals surface area (Å²) in [7, 11) is -4.04. The number of halogens is 4. The average Bonchev–Trinajstić information content (AvgIpc) is 3.18. The van der Waals surface area contributed by atoms with Crippen LogP contribution in [0, 0.1) is 11.6 Å². The van der Waals surface area contributed by atoms with Crippen molar-refractivity contribution in [1.82, 2.24) is 9.29 Å². The van der Waals surface area contributed by atoms with Gasteiger partial charge in [-0.25, -0.2) is 22.2 Å². The van der Waals surface area contributed by atoms with Crippen LogP contribution < -0.4 is 4.90 Å². The molecule has 0 atom stereocenters. The largest absolute Gasteiger partial charge is 0.345 e. The number of anilines is 1. The number of nitrogens with zero attached hydrogens (tertiary/aromatic N) is 3. The molecule has 3 aromatic rings. The monoisotopic (exact) mass is 503 g/mol. The molecule has 31 heavy (non-hydrogen) atoms. The van der Waals surface area contributed by atoms with Crippen molar-refractivity contribution in [3.63, 3.8) is 0 Å². The predicted octanol–water partition coefficient (Wildman–Crippen LogP) is 4.83. The second-order valence-electron chi connectivity index (χ2n) is 7.00. The number of sulfonamides is 1. The highest BCUT2D eigenvalue weighted by atomic mass is 35.5. The van der Waals surface area contributed by atoms with Crippen molar-refractivity contribution in [2.45, 2.75) is 11.3 Å². The van der Waals surface area contributed by atoms with E-state index < -0.39 is 26.6 Å². The van der Waals surface area contributed by atoms with E-state index in [1.54, 1.807) is 12.1 Å². The molecule has 11 heteroatoms. The standard InChI is InChI=1S/C20H17Cl2F2N3O2S2/c21-14-2-1-13(17(22)10-14)9-16-12-30-20(25-16)26-5-7-27(8-6-26)31(28,29)19-4-3-15(23)11-18(19)24/h1-4,10-12H,5-9H2. The van der Waals surface area contributed by atoms with Crippen molar-refractivity contribution in [1.29, 1.82) is 0 Å². The van der Waals surface area contributed by atoms with Crippen LogP contribution in [0.4, 0.5) is 13.9 Å². The van der Waals surface area contributed by atoms with E-state index in [9.17, 15) is 17.2 Å². The Labute approximate surface area is 192 Å². The molecular formula is C20H17Cl2F2N3O2S2. The lowest BCUT2D eigenvalue weighted by molar-refractivity contribution is 0.382. The Hall–Kier alpha value is -1.78. The van der Waals surface area contributed by atoms with Crippen LogP contribution in [0.25, 0.3) is 0 Å². The van der Waals surface area contributed by atoms with Gasteiger partial charge in [0.05, 0.1) is 5.69 Å². The van der Waals surface area contributed by atoms with Gasteiger partial charge in [-0.1, -0.05) is 29.3 Å². The molecular weight excluding hydrogens is 487 g/mol. The van der Waals surface area contributed by atoms with E-state index >= 15 is 0 Å². The molecule has 1 saturated heterocycles. The third kappa shape index (κ3) is 4.85. The molecule has 1 aromatic heterocycles. The highest BCUT2D eigenvalue weighted by molar-refractivity contribution is 7.89. The molecule has 0 N–H and O–H groups in total. The van der Waals surface area contributed by atoms with Crippen LogP contribution >= 0.6 is 34.5 Å². The average molecular weight is 504 g/mol. The van der Waals surface area contributed by atoms with Crippen LogP contribution in [0.2, 0.25) is 10.0 Å². The Kier molecular flexibility index (Phi) is 6.50. The molecule has 0 bridgehead atoms. The molecule has 0 saturated carbocycles. The van der Waals surface area contributed by atoms with Gasteiger partial charge < -0.3 is 4.90 Å². The van der Waals surface area contributed by atoms with E-state index in [2.05, 4.69) is 4.98 Å². The highest BCUT2D eigenvalue weighted by Crippen LogP contribution is 2.28. The van der Waals surface area contributed by atoms with Gasteiger partial charge in [-0.05, 0) is 29.8 Å². The molecule has 1 aliphatic rings. The van der Waals surface area contributed by atoms with Crippen LogP contribution in [0.5, 0.6) is 0 Å². The van der Waals surface area contributed by atoms with Crippen molar-refractivity contribution in [3.05, 3.63) is 74.7 Å². The van der Waals surface area contributed by atoms with Gasteiger partial charge in [-0.15, -0.1) is 11.3 Å². The molecule has 0 amide bonds. The summed E-state index contributed by atoms with van der Waals surface area (Å²) in [6.07, 6.45) is 0.560. The minimum atomic E-state index is -4.04. The first kappa shape index (κ1) is 22.4. The van der Waals surface area contributed by atoms with Crippen LogP contribution in [0.15, 0.2) is 46.7 Å². The molecule has 164 valence electrons. The van der Waals surface area contributed by atoms with Gasteiger partial charge in [0.1, 0.15) is 16.5 Å². The van der Waals surface area contributed by atoms with Gasteiger partial charge in [-0.3, -0.25) is 0 Å². The van der Waals surface area contributed by atoms with E-state index in [4.69, 9.17) is 23.2 Å². The molecule has 0 radical (unpaired) electrons. The summed E-state index contributed by atoms with van der Waals surface area (Å²) in [6.45, 7) is 1.18. The number of rotatable bonds is 5. The van der Waals surface area contributed by atoms with Crippen molar-refractivity contribution in [2.24, 2.45) is 0 Å². The quantitative estimate of drug-likeness (QED) is 0.500. The molecule has 0 spiro atoms. The van der Waals surface area contributed by atoms with E-state index in [1.807, 2.05) is 16.3 Å². The number of benzene rings is 2. The van der Waals surface area contributed by atoms with Crippen molar-refractivity contribution >= 4 is 49.7 Å². The maximum Gasteiger partial charge on any atom is 0.246 e. The number of aromatic nitrogens is 1. The van der Waals surface area contributed by atoms with Gasteiger partial charge in [0.25, 0.3) is 0 Å². The highest BCUT2D eigenvalue weighted by Gasteiger charge is 2.31. The first-order valence-corrected chi connectivity index (χ1v) is 12.4. The Balaban J connectivity index is 1.42. The number of thiazole rings is 1. The van der Waals surface area contributed by atoms with E-state index in [0.717, 1.165) is 28.5 Å². The summed E-state index contributed by atoms with van der Waals surface area (Å²) in [5, 5.41) is 3.87. The fourth-order valence-electron chi connectivity index (χ4n) is 3.33. The Morgan fingerprint density at radius 2 is 1.77 bits per heavy atom. The van der Waals surface area contributed by atoms with Gasteiger partial charge in [0.2, 0.25) is 10.0 Å². The summed E-state index contributed by atoms with van der Waals surface area (Å²) in [4.78, 5) is 6.12. The van der Waals surface area contributed by atoms with Gasteiger partial charge in [0, 0.05) is 54.1 Å². The summed E-state index contributed by atoms with van der Waals surface area (Å²) < 4.78 is 53.8. The topological polar surface area (TPSA) is 53.5 Å². The lowest BCUT2D eigenvalue weighted by Crippen LogP contribution is -2.48. The van der Waals surface area contributed by atoms with Gasteiger partial charge in [0.15, 0.2) is 5.13 Å². The molecule has 1 fully saturated rings. The van der Waals surface area contributed by atoms with Crippen LogP contribution in [0.3, 0.4) is 0 Å². The summed E-state index contributed by atoms with van der Waals surface area (Å²) in [6, 6.07) is 7.81. The summed E-state index contributed by atoms with van der Waals surface area (Å²) >= 11 is 13.6. The Morgan fingerprint density at radius 3 is 2.45 bits per heavy atom. The molecule has 5 nitrogen and oxygen atoms in total. The maximum atomic E-state index is 14.0. The van der Waals surface area contributed by atoms with E-state index in [-0.39, 0.29) is 13.1 Å². The predicted molar refractivity (Wildman–Crippen MR) is 119 cm³/mol. The third-order valence-corrected chi connectivity index (χ3v) is 8.42. The molecule has 0 aliphatic carbocycles. The Bertz CT molecular complexity index is 1210. The fraction of sp³-hybridized carbons (Fsp3) is 0.250. The maximum absolute atomic E-state index is 14.0. The zero-order valence-electron chi connectivity index (χ0n) is 16.1. The van der Waals surface area contributed by atoms with Crippen LogP contribution in [0.1, 0.15) is 11.3 Å². The number of hydrogen-bond acceptors (Lipinski definition) is 5. The van der Waals surface area contributed by atoms with E-state index in [1.165, 1.54) is 15.6 Å². The second kappa shape index (κ2) is 8.99. The first-order valence-electron chi connectivity index (χ1n) is 9.32. The fourth-order valence-corrected chi connectivity index (χ4v) is 6.15. The third-order valence-electron chi connectivity index (χ3n) is 4.95. The number of hydrogen-bond donors (Lipinski definition) is 0. The lowest BCUT2D eigenvalue weighted by atomic mass is 10.1. The SMILES string of the molecule is O=S(=O)(c1ccc(F)cc1F)N1CCN(c2nc(Cc3ccc(Cl)cc3Cl)cs2)CC1. The molecule has 2 heterocycles. The minimum absolute atomic E-state index is 0.178. The molecule has 4 rings (SSSR count). The second-order valence-corrected chi connectivity index (χ2v) is 10.6. The Morgan fingerprint density at radius 1 is 1.03 bits per heavy atom. The molecule has 2 aromatic carbocycles. The molecule has 0 unspecified atom stereocenters. The zero-order valence-corrected chi connectivity index (χ0v) is 19.2. The van der Waals surface area contributed by atoms with Crippen molar-refractivity contribution < 1.29 is 17.2 Å². The van der Waals surface area contributed by atoms with Crippen molar-refractivity contribution in [3.8, 4) is 0 Å². The lowest BCUT2D eigenvalue weighted by Gasteiger charge is -2.33. The molecule has 1 aliphatic heterocycles. The number of piperazine rings is 1. The van der Waals surface area contributed by atoms with E-state index in [0.29, 0.717) is 35.6 Å². The smallest absolute Gasteiger partial charge is 0.246 e. The minimum Gasteiger partial charge on any atom is -0.345 e. The van der Waals surface area contributed by atoms with Crippen molar-refractivity contribution in [2.75, 3.05) is 31.1 Å². The summed E-state index contributed by atoms with van der Waals surface area (Å²) in [5.41, 5.74) is 1.77. The van der Waals surface area contributed by atoms with Crippen LogP contribution in [-0.4, -0.2) is 43.9 Å².